The molecule has 0 atom stereocenters. The van der Waals surface area contributed by atoms with Crippen LogP contribution in [-0.4, -0.2) is 12.1 Å². The molecule has 0 bridgehead atoms. The van der Waals surface area contributed by atoms with E-state index in [1.54, 1.807) is 30.5 Å². The van der Waals surface area contributed by atoms with Crippen molar-refractivity contribution in [3.8, 4) is 6.07 Å². The van der Waals surface area contributed by atoms with Gasteiger partial charge >= 0.3 is 0 Å². The predicted octanol–water partition coefficient (Wildman–Crippen LogP) is 2.81. The molecule has 0 fully saturated rings. The Hall–Kier alpha value is -2.93. The second-order valence-corrected chi connectivity index (χ2v) is 4.87. The molecular weight excluding hydrogens is 274 g/mol. The van der Waals surface area contributed by atoms with Crippen LogP contribution in [0.5, 0.6) is 0 Å². The third-order valence-electron chi connectivity index (χ3n) is 3.24. The lowest BCUT2D eigenvalue weighted by molar-refractivity contribution is -0.120. The summed E-state index contributed by atoms with van der Waals surface area (Å²) in [5.74, 6) is -0.158. The number of hydrogen-bond acceptors (Lipinski definition) is 3. The Balaban J connectivity index is 1.86. The summed E-state index contributed by atoms with van der Waals surface area (Å²) < 4.78 is 0. The Labute approximate surface area is 130 Å². The van der Waals surface area contributed by atoms with E-state index < -0.39 is 0 Å². The highest BCUT2D eigenvalue weighted by Crippen LogP contribution is 2.05. The van der Waals surface area contributed by atoms with Crippen molar-refractivity contribution in [2.24, 2.45) is 5.10 Å². The molecule has 2 aromatic carbocycles. The molecular formula is C18H17N3O. The average molecular weight is 291 g/mol. The molecule has 0 saturated carbocycles. The fourth-order valence-corrected chi connectivity index (χ4v) is 1.94. The Morgan fingerprint density at radius 2 is 1.77 bits per heavy atom. The van der Waals surface area contributed by atoms with Crippen molar-refractivity contribution in [3.05, 3.63) is 70.8 Å². The standard InChI is InChI=1S/C18H17N3O/c1-2-14-3-5-15(6-4-14)11-18(22)21-20-13-17-9-7-16(12-19)8-10-17/h3-10,13H,2,11H2,1H3,(H,21,22)/b20-13+. The number of aryl methyl sites for hydroxylation is 1. The number of hydrogen-bond donors (Lipinski definition) is 1. The van der Waals surface area contributed by atoms with Crippen molar-refractivity contribution in [1.29, 1.82) is 5.26 Å². The van der Waals surface area contributed by atoms with Crippen LogP contribution < -0.4 is 5.43 Å². The number of nitrogens with zero attached hydrogens (tertiary/aromatic N) is 2. The molecule has 0 heterocycles. The van der Waals surface area contributed by atoms with Crippen LogP contribution in [0.2, 0.25) is 0 Å². The number of amides is 1. The number of carbonyl (C=O) groups is 1. The summed E-state index contributed by atoms with van der Waals surface area (Å²) in [4.78, 5) is 11.8. The number of nitriles is 1. The van der Waals surface area contributed by atoms with Gasteiger partial charge in [-0.2, -0.15) is 10.4 Å². The highest BCUT2D eigenvalue weighted by atomic mass is 16.2. The number of benzene rings is 2. The minimum atomic E-state index is -0.158. The highest BCUT2D eigenvalue weighted by molar-refractivity contribution is 5.83. The van der Waals surface area contributed by atoms with Crippen molar-refractivity contribution >= 4 is 12.1 Å². The van der Waals surface area contributed by atoms with Crippen molar-refractivity contribution in [2.75, 3.05) is 0 Å². The largest absolute Gasteiger partial charge is 0.273 e. The van der Waals surface area contributed by atoms with Crippen LogP contribution in [0, 0.1) is 11.3 Å². The van der Waals surface area contributed by atoms with Gasteiger partial charge in [-0.1, -0.05) is 43.3 Å². The lowest BCUT2D eigenvalue weighted by Gasteiger charge is -2.02. The Morgan fingerprint density at radius 3 is 2.36 bits per heavy atom. The fourth-order valence-electron chi connectivity index (χ4n) is 1.94. The van der Waals surface area contributed by atoms with Gasteiger partial charge in [0.2, 0.25) is 5.91 Å². The average Bonchev–Trinajstić information content (AvgIpc) is 2.56. The summed E-state index contributed by atoms with van der Waals surface area (Å²) in [6.07, 6.45) is 2.84. The number of rotatable bonds is 5. The third-order valence-corrected chi connectivity index (χ3v) is 3.24. The molecule has 0 spiro atoms. The topological polar surface area (TPSA) is 65.2 Å². The summed E-state index contributed by atoms with van der Waals surface area (Å²) in [5, 5.41) is 12.6. The van der Waals surface area contributed by atoms with E-state index in [-0.39, 0.29) is 5.91 Å². The first-order valence-corrected chi connectivity index (χ1v) is 7.11. The maximum Gasteiger partial charge on any atom is 0.244 e. The zero-order valence-corrected chi connectivity index (χ0v) is 12.4. The molecule has 0 unspecified atom stereocenters. The smallest absolute Gasteiger partial charge is 0.244 e. The first kappa shape index (κ1) is 15.5. The van der Waals surface area contributed by atoms with Crippen LogP contribution in [0.15, 0.2) is 53.6 Å². The lowest BCUT2D eigenvalue weighted by Crippen LogP contribution is -2.19. The minimum absolute atomic E-state index is 0.158. The van der Waals surface area contributed by atoms with E-state index in [4.69, 9.17) is 5.26 Å². The van der Waals surface area contributed by atoms with Gasteiger partial charge in [0, 0.05) is 0 Å². The summed E-state index contributed by atoms with van der Waals surface area (Å²) >= 11 is 0. The van der Waals surface area contributed by atoms with E-state index >= 15 is 0 Å². The molecule has 0 aliphatic rings. The molecule has 4 nitrogen and oxygen atoms in total. The predicted molar refractivity (Wildman–Crippen MR) is 86.4 cm³/mol. The Morgan fingerprint density at radius 1 is 1.14 bits per heavy atom. The van der Waals surface area contributed by atoms with Crippen molar-refractivity contribution in [1.82, 2.24) is 5.43 Å². The summed E-state index contributed by atoms with van der Waals surface area (Å²) in [6, 6.07) is 17.0. The second kappa shape index (κ2) is 7.75. The van der Waals surface area contributed by atoms with E-state index in [2.05, 4.69) is 17.5 Å². The molecule has 4 heteroatoms. The molecule has 0 aromatic heterocycles. The van der Waals surface area contributed by atoms with E-state index in [0.29, 0.717) is 12.0 Å². The molecule has 0 aliphatic carbocycles. The number of carbonyl (C=O) groups excluding carboxylic acids is 1. The molecule has 1 amide bonds. The van der Waals surface area contributed by atoms with Crippen LogP contribution in [0.1, 0.15) is 29.2 Å². The monoisotopic (exact) mass is 291 g/mol. The van der Waals surface area contributed by atoms with Crippen molar-refractivity contribution in [2.45, 2.75) is 19.8 Å². The zero-order chi connectivity index (χ0) is 15.8. The molecule has 22 heavy (non-hydrogen) atoms. The first-order valence-electron chi connectivity index (χ1n) is 7.11. The van der Waals surface area contributed by atoms with Crippen LogP contribution in [0.3, 0.4) is 0 Å². The van der Waals surface area contributed by atoms with Gasteiger partial charge in [0.05, 0.1) is 24.3 Å². The first-order chi connectivity index (χ1) is 10.7. The molecule has 0 radical (unpaired) electrons. The zero-order valence-electron chi connectivity index (χ0n) is 12.4. The van der Waals surface area contributed by atoms with Gasteiger partial charge in [-0.25, -0.2) is 5.43 Å². The van der Waals surface area contributed by atoms with E-state index in [1.165, 1.54) is 5.56 Å². The molecule has 2 aromatic rings. The minimum Gasteiger partial charge on any atom is -0.273 e. The molecule has 110 valence electrons. The molecule has 1 N–H and O–H groups in total. The number of hydrazone groups is 1. The van der Waals surface area contributed by atoms with Gasteiger partial charge < -0.3 is 0 Å². The van der Waals surface area contributed by atoms with Crippen LogP contribution >= 0.6 is 0 Å². The van der Waals surface area contributed by atoms with Crippen molar-refractivity contribution < 1.29 is 4.79 Å². The molecule has 0 saturated heterocycles. The van der Waals surface area contributed by atoms with Gasteiger partial charge in [-0.15, -0.1) is 0 Å². The lowest BCUT2D eigenvalue weighted by atomic mass is 10.1. The quantitative estimate of drug-likeness (QED) is 0.680. The van der Waals surface area contributed by atoms with Crippen LogP contribution in [0.25, 0.3) is 0 Å². The molecule has 2 rings (SSSR count). The third kappa shape index (κ3) is 4.57. The van der Waals surface area contributed by atoms with Gasteiger partial charge in [0.1, 0.15) is 0 Å². The second-order valence-electron chi connectivity index (χ2n) is 4.87. The fraction of sp³-hybridized carbons (Fsp3) is 0.167. The maximum absolute atomic E-state index is 11.8. The van der Waals surface area contributed by atoms with E-state index in [0.717, 1.165) is 17.5 Å². The number of nitrogens with one attached hydrogen (secondary N) is 1. The van der Waals surface area contributed by atoms with Crippen LogP contribution in [-0.2, 0) is 17.6 Å². The van der Waals surface area contributed by atoms with E-state index in [1.807, 2.05) is 30.3 Å². The van der Waals surface area contributed by atoms with Crippen molar-refractivity contribution in [3.63, 3.8) is 0 Å². The van der Waals surface area contributed by atoms with Gasteiger partial charge in [0.25, 0.3) is 0 Å². The summed E-state index contributed by atoms with van der Waals surface area (Å²) in [5.41, 5.74) is 6.14. The Kier molecular flexibility index (Phi) is 5.44. The van der Waals surface area contributed by atoms with Gasteiger partial charge in [-0.05, 0) is 35.2 Å². The Bertz CT molecular complexity index is 695. The summed E-state index contributed by atoms with van der Waals surface area (Å²) in [6.45, 7) is 2.10. The SMILES string of the molecule is CCc1ccc(CC(=O)N/N=C/c2ccc(C#N)cc2)cc1. The normalized spacial score (nSPS) is 10.4. The highest BCUT2D eigenvalue weighted by Gasteiger charge is 2.01. The molecule has 0 aliphatic heterocycles. The van der Waals surface area contributed by atoms with E-state index in [9.17, 15) is 4.79 Å². The van der Waals surface area contributed by atoms with Crippen LogP contribution in [0.4, 0.5) is 0 Å². The maximum atomic E-state index is 11.8. The summed E-state index contributed by atoms with van der Waals surface area (Å²) in [7, 11) is 0. The van der Waals surface area contributed by atoms with Gasteiger partial charge in [-0.3, -0.25) is 4.79 Å². The van der Waals surface area contributed by atoms with Gasteiger partial charge in [0.15, 0.2) is 0 Å².